The van der Waals surface area contributed by atoms with Gasteiger partial charge >= 0.3 is 5.97 Å². The van der Waals surface area contributed by atoms with Gasteiger partial charge in [-0.05, 0) is 25.8 Å². The molecule has 1 N–H and O–H groups in total. The fourth-order valence-electron chi connectivity index (χ4n) is 1.34. The van der Waals surface area contributed by atoms with E-state index >= 15 is 0 Å². The van der Waals surface area contributed by atoms with E-state index in [0.717, 1.165) is 6.42 Å². The average Bonchev–Trinajstić information content (AvgIpc) is 2.20. The van der Waals surface area contributed by atoms with Crippen molar-refractivity contribution >= 4 is 46.7 Å². The predicted octanol–water partition coefficient (Wildman–Crippen LogP) is 3.00. The molecule has 0 radical (unpaired) electrons. The number of hydrogen-bond donors (Lipinski definition) is 1. The minimum absolute atomic E-state index is 0.355. The Kier molecular flexibility index (Phi) is 5.10. The SMILES string of the molecule is C[C@@H](/C=C1\CCCOC1=O)OC(=N)C(Cl)(Cl)Cl. The maximum atomic E-state index is 11.3. The van der Waals surface area contributed by atoms with E-state index in [9.17, 15) is 4.79 Å². The summed E-state index contributed by atoms with van der Waals surface area (Å²) < 4.78 is 8.05. The summed E-state index contributed by atoms with van der Waals surface area (Å²) in [5.41, 5.74) is 0.529. The zero-order chi connectivity index (χ0) is 13.1. The number of alkyl halides is 3. The molecule has 1 saturated heterocycles. The lowest BCUT2D eigenvalue weighted by molar-refractivity contribution is -0.141. The molecule has 0 unspecified atom stereocenters. The van der Waals surface area contributed by atoms with Crippen LogP contribution in [0.4, 0.5) is 0 Å². The van der Waals surface area contributed by atoms with E-state index in [0.29, 0.717) is 18.6 Å². The van der Waals surface area contributed by atoms with E-state index in [1.807, 2.05) is 0 Å². The molecule has 0 spiro atoms. The Hall–Kier alpha value is -0.450. The first-order valence-electron chi connectivity index (χ1n) is 5.01. The van der Waals surface area contributed by atoms with Gasteiger partial charge in [0.2, 0.25) is 5.90 Å². The third-order valence-corrected chi connectivity index (χ3v) is 2.60. The minimum Gasteiger partial charge on any atom is -0.471 e. The van der Waals surface area contributed by atoms with E-state index < -0.39 is 15.8 Å². The summed E-state index contributed by atoms with van der Waals surface area (Å²) in [7, 11) is 0. The molecule has 0 amide bonds. The molecule has 1 heterocycles. The Morgan fingerprint density at radius 3 is 2.76 bits per heavy atom. The molecule has 17 heavy (non-hydrogen) atoms. The van der Waals surface area contributed by atoms with E-state index in [4.69, 9.17) is 49.7 Å². The number of esters is 1. The first-order chi connectivity index (χ1) is 7.80. The van der Waals surface area contributed by atoms with Gasteiger partial charge in [0.05, 0.1) is 6.61 Å². The van der Waals surface area contributed by atoms with E-state index in [1.54, 1.807) is 13.0 Å². The van der Waals surface area contributed by atoms with Gasteiger partial charge < -0.3 is 9.47 Å². The molecule has 0 aromatic carbocycles. The molecule has 96 valence electrons. The molecule has 0 aliphatic carbocycles. The molecule has 1 rings (SSSR count). The fourth-order valence-corrected chi connectivity index (χ4v) is 1.48. The molecule has 1 aliphatic rings. The highest BCUT2D eigenvalue weighted by atomic mass is 35.6. The molecule has 7 heteroatoms. The third kappa shape index (κ3) is 4.74. The molecule has 0 aromatic rings. The maximum Gasteiger partial charge on any atom is 0.333 e. The van der Waals surface area contributed by atoms with Crippen LogP contribution in [0.15, 0.2) is 11.6 Å². The number of carbonyl (C=O) groups excluding carboxylic acids is 1. The van der Waals surface area contributed by atoms with Crippen molar-refractivity contribution in [3.8, 4) is 0 Å². The molecule has 1 aliphatic heterocycles. The Balaban J connectivity index is 2.59. The first kappa shape index (κ1) is 14.6. The molecule has 4 nitrogen and oxygen atoms in total. The number of hydrogen-bond acceptors (Lipinski definition) is 4. The summed E-state index contributed by atoms with van der Waals surface area (Å²) in [6, 6.07) is 0. The number of halogens is 3. The maximum absolute atomic E-state index is 11.3. The van der Waals surface area contributed by atoms with Crippen molar-refractivity contribution in [3.05, 3.63) is 11.6 Å². The van der Waals surface area contributed by atoms with Crippen LogP contribution in [0.2, 0.25) is 0 Å². The summed E-state index contributed by atoms with van der Waals surface area (Å²) in [6.45, 7) is 2.09. The van der Waals surface area contributed by atoms with Gasteiger partial charge in [-0.15, -0.1) is 0 Å². The molecule has 0 saturated carbocycles. The van der Waals surface area contributed by atoms with Crippen molar-refractivity contribution in [2.45, 2.75) is 29.7 Å². The summed E-state index contributed by atoms with van der Waals surface area (Å²) in [5, 5.41) is 7.37. The van der Waals surface area contributed by atoms with Crippen molar-refractivity contribution in [1.29, 1.82) is 5.41 Å². The van der Waals surface area contributed by atoms with Crippen LogP contribution >= 0.6 is 34.8 Å². The first-order valence-corrected chi connectivity index (χ1v) is 6.14. The van der Waals surface area contributed by atoms with Crippen molar-refractivity contribution < 1.29 is 14.3 Å². The topological polar surface area (TPSA) is 59.4 Å². The van der Waals surface area contributed by atoms with Gasteiger partial charge in [-0.1, -0.05) is 34.8 Å². The van der Waals surface area contributed by atoms with Crippen LogP contribution in [-0.2, 0) is 14.3 Å². The molecule has 1 atom stereocenters. The normalized spacial score (nSPS) is 20.9. The van der Waals surface area contributed by atoms with Crippen LogP contribution < -0.4 is 0 Å². The van der Waals surface area contributed by atoms with Crippen molar-refractivity contribution in [2.24, 2.45) is 0 Å². The van der Waals surface area contributed by atoms with Gasteiger partial charge in [-0.25, -0.2) is 4.79 Å². The second-order valence-corrected chi connectivity index (χ2v) is 5.86. The molecule has 0 aromatic heterocycles. The third-order valence-electron chi connectivity index (χ3n) is 2.08. The highest BCUT2D eigenvalue weighted by molar-refractivity contribution is 6.76. The van der Waals surface area contributed by atoms with E-state index in [1.165, 1.54) is 0 Å². The van der Waals surface area contributed by atoms with Gasteiger partial charge in [-0.3, -0.25) is 5.41 Å². The highest BCUT2D eigenvalue weighted by Crippen LogP contribution is 2.28. The molecule has 0 bridgehead atoms. The summed E-state index contributed by atoms with van der Waals surface area (Å²) in [6.07, 6.45) is 2.46. The predicted molar refractivity (Wildman–Crippen MR) is 66.8 cm³/mol. The quantitative estimate of drug-likeness (QED) is 0.280. The Morgan fingerprint density at radius 1 is 1.59 bits per heavy atom. The van der Waals surface area contributed by atoms with Crippen LogP contribution in [-0.4, -0.2) is 28.4 Å². The molecular formula is C10H12Cl3NO3. The van der Waals surface area contributed by atoms with E-state index in [-0.39, 0.29) is 5.97 Å². The highest BCUT2D eigenvalue weighted by Gasteiger charge is 2.30. The zero-order valence-electron chi connectivity index (χ0n) is 9.13. The van der Waals surface area contributed by atoms with Gasteiger partial charge in [0.15, 0.2) is 0 Å². The Morgan fingerprint density at radius 2 is 2.24 bits per heavy atom. The lowest BCUT2D eigenvalue weighted by atomic mass is 10.1. The van der Waals surface area contributed by atoms with Crippen LogP contribution in [0, 0.1) is 5.41 Å². The van der Waals surface area contributed by atoms with Crippen LogP contribution in [0.3, 0.4) is 0 Å². The molecular weight excluding hydrogens is 288 g/mol. The minimum atomic E-state index is -1.89. The number of cyclic esters (lactones) is 1. The lowest BCUT2D eigenvalue weighted by Crippen LogP contribution is -2.26. The lowest BCUT2D eigenvalue weighted by Gasteiger charge is -2.19. The smallest absolute Gasteiger partial charge is 0.333 e. The Bertz CT molecular complexity index is 349. The van der Waals surface area contributed by atoms with Gasteiger partial charge in [0.1, 0.15) is 6.10 Å². The average molecular weight is 301 g/mol. The number of ether oxygens (including phenoxy) is 2. The number of carbonyl (C=O) groups is 1. The van der Waals surface area contributed by atoms with Crippen LogP contribution in [0.1, 0.15) is 19.8 Å². The summed E-state index contributed by atoms with van der Waals surface area (Å²) in [5.74, 6) is -0.830. The van der Waals surface area contributed by atoms with Crippen LogP contribution in [0.5, 0.6) is 0 Å². The van der Waals surface area contributed by atoms with Gasteiger partial charge in [0.25, 0.3) is 3.79 Å². The number of nitrogens with one attached hydrogen (secondary N) is 1. The van der Waals surface area contributed by atoms with Gasteiger partial charge in [-0.2, -0.15) is 0 Å². The zero-order valence-corrected chi connectivity index (χ0v) is 11.4. The van der Waals surface area contributed by atoms with Crippen molar-refractivity contribution in [2.75, 3.05) is 6.61 Å². The van der Waals surface area contributed by atoms with E-state index in [2.05, 4.69) is 0 Å². The second-order valence-electron chi connectivity index (χ2n) is 3.58. The number of rotatable bonds is 2. The van der Waals surface area contributed by atoms with Crippen molar-refractivity contribution in [1.82, 2.24) is 0 Å². The van der Waals surface area contributed by atoms with Crippen molar-refractivity contribution in [3.63, 3.8) is 0 Å². The monoisotopic (exact) mass is 299 g/mol. The second kappa shape index (κ2) is 5.94. The summed E-state index contributed by atoms with van der Waals surface area (Å²) in [4.78, 5) is 11.3. The Labute approximate surface area is 114 Å². The molecule has 1 fully saturated rings. The van der Waals surface area contributed by atoms with Crippen LogP contribution in [0.25, 0.3) is 0 Å². The summed E-state index contributed by atoms with van der Waals surface area (Å²) >= 11 is 16.4. The fraction of sp³-hybridized carbons (Fsp3) is 0.600. The standard InChI is InChI=1S/C10H12Cl3NO3/c1-6(17-9(14)10(11,12)13)5-7-3-2-4-16-8(7)15/h5-6,14H,2-4H2,1H3/b7-5+,14-9?/t6-/m0/s1. The van der Waals surface area contributed by atoms with Gasteiger partial charge in [0, 0.05) is 5.57 Å². The largest absolute Gasteiger partial charge is 0.471 e.